The van der Waals surface area contributed by atoms with Gasteiger partial charge < -0.3 is 10.0 Å². The van der Waals surface area contributed by atoms with E-state index in [1.54, 1.807) is 11.3 Å². The third kappa shape index (κ3) is 4.84. The predicted octanol–water partition coefficient (Wildman–Crippen LogP) is 3.36. The lowest BCUT2D eigenvalue weighted by Gasteiger charge is -2.23. The van der Waals surface area contributed by atoms with Gasteiger partial charge in [-0.3, -0.25) is 14.5 Å². The number of amides is 2. The Morgan fingerprint density at radius 2 is 2.00 bits per heavy atom. The van der Waals surface area contributed by atoms with Crippen LogP contribution in [0.3, 0.4) is 0 Å². The van der Waals surface area contributed by atoms with Crippen LogP contribution in [0.5, 0.6) is 0 Å². The summed E-state index contributed by atoms with van der Waals surface area (Å²) in [5.41, 5.74) is 0.722. The minimum Gasteiger partial charge on any atom is -0.395 e. The second kappa shape index (κ2) is 9.27. The van der Waals surface area contributed by atoms with Crippen LogP contribution in [0, 0.1) is 0 Å². The van der Waals surface area contributed by atoms with Crippen molar-refractivity contribution >= 4 is 63.2 Å². The Labute approximate surface area is 171 Å². The van der Waals surface area contributed by atoms with Crippen molar-refractivity contribution in [2.24, 2.45) is 0 Å². The molecular weight excluding hydrogens is 400 g/mol. The molecule has 1 fully saturated rings. The van der Waals surface area contributed by atoms with E-state index in [2.05, 4.69) is 0 Å². The van der Waals surface area contributed by atoms with E-state index in [-0.39, 0.29) is 37.9 Å². The lowest BCUT2D eigenvalue weighted by molar-refractivity contribution is -0.123. The summed E-state index contributed by atoms with van der Waals surface area (Å²) >= 11 is 8.13. The lowest BCUT2D eigenvalue weighted by atomic mass is 10.2. The van der Waals surface area contributed by atoms with E-state index in [0.29, 0.717) is 9.23 Å². The summed E-state index contributed by atoms with van der Waals surface area (Å²) in [5, 5.41) is 11.2. The fourth-order valence-corrected chi connectivity index (χ4v) is 4.67. The Hall–Kier alpha value is -2.00. The average molecular weight is 419 g/mol. The van der Waals surface area contributed by atoms with Gasteiger partial charge in [0.15, 0.2) is 0 Å². The average Bonchev–Trinajstić information content (AvgIpc) is 3.27. The molecule has 1 aromatic carbocycles. The molecule has 1 saturated heterocycles. The van der Waals surface area contributed by atoms with Crippen LogP contribution in [-0.4, -0.2) is 45.8 Å². The molecule has 0 spiro atoms. The minimum absolute atomic E-state index is 0.133. The molecule has 3 rings (SSSR count). The second-order valence-electron chi connectivity index (χ2n) is 5.70. The first kappa shape index (κ1) is 19.8. The number of thiocarbonyl (C=S) groups is 1. The molecule has 1 aromatic heterocycles. The number of hydrogen-bond acceptors (Lipinski definition) is 6. The quantitative estimate of drug-likeness (QED) is 0.552. The molecular formula is C19H18N2O3S3. The van der Waals surface area contributed by atoms with Gasteiger partial charge in [0.25, 0.3) is 5.91 Å². The van der Waals surface area contributed by atoms with E-state index in [4.69, 9.17) is 12.2 Å². The summed E-state index contributed by atoms with van der Waals surface area (Å²) in [6.45, 7) is 0.296. The van der Waals surface area contributed by atoms with Crippen LogP contribution in [0.2, 0.25) is 0 Å². The lowest BCUT2D eigenvalue weighted by Crippen LogP contribution is -2.37. The second-order valence-corrected chi connectivity index (χ2v) is 8.36. The largest absolute Gasteiger partial charge is 0.395 e. The van der Waals surface area contributed by atoms with Crippen LogP contribution < -0.4 is 4.90 Å². The third-order valence-corrected chi connectivity index (χ3v) is 6.13. The number of hydrogen-bond donors (Lipinski definition) is 1. The van der Waals surface area contributed by atoms with Crippen molar-refractivity contribution in [2.45, 2.75) is 6.42 Å². The number of anilines is 1. The Kier molecular flexibility index (Phi) is 6.78. The molecule has 0 atom stereocenters. The topological polar surface area (TPSA) is 60.9 Å². The number of aliphatic hydroxyl groups is 1. The Morgan fingerprint density at radius 1 is 1.22 bits per heavy atom. The highest BCUT2D eigenvalue weighted by molar-refractivity contribution is 8.26. The molecule has 0 bridgehead atoms. The van der Waals surface area contributed by atoms with Gasteiger partial charge in [-0.25, -0.2) is 0 Å². The highest BCUT2D eigenvalue weighted by Gasteiger charge is 2.32. The van der Waals surface area contributed by atoms with Gasteiger partial charge in [-0.2, -0.15) is 0 Å². The maximum absolute atomic E-state index is 12.7. The van der Waals surface area contributed by atoms with Crippen molar-refractivity contribution in [3.05, 3.63) is 57.6 Å². The predicted molar refractivity (Wildman–Crippen MR) is 115 cm³/mol. The molecule has 2 heterocycles. The minimum atomic E-state index is -0.167. The first-order valence-corrected chi connectivity index (χ1v) is 10.5. The summed E-state index contributed by atoms with van der Waals surface area (Å²) in [6.07, 6.45) is 1.96. The molecule has 27 heavy (non-hydrogen) atoms. The molecule has 140 valence electrons. The number of thiophene rings is 1. The van der Waals surface area contributed by atoms with Crippen LogP contribution in [0.4, 0.5) is 5.69 Å². The van der Waals surface area contributed by atoms with Crippen LogP contribution in [0.1, 0.15) is 11.3 Å². The van der Waals surface area contributed by atoms with Crippen molar-refractivity contribution in [2.75, 3.05) is 24.6 Å². The molecule has 0 saturated carbocycles. The van der Waals surface area contributed by atoms with Crippen molar-refractivity contribution in [1.29, 1.82) is 0 Å². The number of rotatable bonds is 7. The maximum Gasteiger partial charge on any atom is 0.266 e. The molecule has 0 radical (unpaired) electrons. The molecule has 5 nitrogen and oxygen atoms in total. The molecule has 0 unspecified atom stereocenters. The summed E-state index contributed by atoms with van der Waals surface area (Å²) in [6, 6.07) is 13.0. The smallest absolute Gasteiger partial charge is 0.266 e. The third-order valence-electron chi connectivity index (χ3n) is 3.93. The normalized spacial score (nSPS) is 15.6. The van der Waals surface area contributed by atoms with Crippen LogP contribution in [0.25, 0.3) is 6.08 Å². The van der Waals surface area contributed by atoms with E-state index in [1.165, 1.54) is 21.6 Å². The van der Waals surface area contributed by atoms with E-state index >= 15 is 0 Å². The monoisotopic (exact) mass is 418 g/mol. The number of para-hydroxylation sites is 1. The summed E-state index contributed by atoms with van der Waals surface area (Å²) < 4.78 is 0.462. The number of aliphatic hydroxyl groups excluding tert-OH is 1. The number of carbonyl (C=O) groups excluding carboxylic acids is 2. The number of thioether (sulfide) groups is 1. The first-order valence-electron chi connectivity index (χ1n) is 8.35. The highest BCUT2D eigenvalue weighted by atomic mass is 32.2. The Balaban J connectivity index is 1.65. The zero-order valence-corrected chi connectivity index (χ0v) is 16.9. The molecule has 1 aliphatic rings. The van der Waals surface area contributed by atoms with Crippen LogP contribution >= 0.6 is 35.3 Å². The summed E-state index contributed by atoms with van der Waals surface area (Å²) in [4.78, 5) is 29.8. The SMILES string of the molecule is O=C1C(=Cc2cccs2)SC(=S)N1CCC(=O)N(CCO)c1ccccc1. The Bertz CT molecular complexity index is 850. The van der Waals surface area contributed by atoms with Crippen LogP contribution in [-0.2, 0) is 9.59 Å². The molecule has 2 aromatic rings. The zero-order chi connectivity index (χ0) is 19.2. The van der Waals surface area contributed by atoms with Gasteiger partial charge in [0.1, 0.15) is 4.32 Å². The summed E-state index contributed by atoms with van der Waals surface area (Å²) in [7, 11) is 0. The number of carbonyl (C=O) groups is 2. The molecule has 2 amide bonds. The van der Waals surface area contributed by atoms with E-state index in [1.807, 2.05) is 53.9 Å². The maximum atomic E-state index is 12.7. The van der Waals surface area contributed by atoms with E-state index < -0.39 is 0 Å². The van der Waals surface area contributed by atoms with Crippen molar-refractivity contribution in [3.8, 4) is 0 Å². The molecule has 8 heteroatoms. The van der Waals surface area contributed by atoms with E-state index in [9.17, 15) is 14.7 Å². The number of nitrogens with zero attached hydrogens (tertiary/aromatic N) is 2. The van der Waals surface area contributed by atoms with Crippen molar-refractivity contribution in [1.82, 2.24) is 4.90 Å². The zero-order valence-electron chi connectivity index (χ0n) is 14.4. The van der Waals surface area contributed by atoms with Crippen molar-refractivity contribution in [3.63, 3.8) is 0 Å². The first-order chi connectivity index (χ1) is 13.1. The molecule has 1 aliphatic heterocycles. The molecule has 0 aliphatic carbocycles. The van der Waals surface area contributed by atoms with Gasteiger partial charge >= 0.3 is 0 Å². The van der Waals surface area contributed by atoms with Crippen LogP contribution in [0.15, 0.2) is 52.7 Å². The van der Waals surface area contributed by atoms with Gasteiger partial charge in [-0.1, -0.05) is 48.2 Å². The fraction of sp³-hybridized carbons (Fsp3) is 0.211. The number of benzene rings is 1. The van der Waals surface area contributed by atoms with Gasteiger partial charge in [0.2, 0.25) is 5.91 Å². The Morgan fingerprint density at radius 3 is 2.67 bits per heavy atom. The highest BCUT2D eigenvalue weighted by Crippen LogP contribution is 2.33. The van der Waals surface area contributed by atoms with Gasteiger partial charge in [0, 0.05) is 30.1 Å². The standard InChI is InChI=1S/C19H18N2O3S3/c22-11-10-20(14-5-2-1-3-6-14)17(23)8-9-21-18(24)16(27-19(21)25)13-15-7-4-12-26-15/h1-7,12-13,22H,8-11H2. The van der Waals surface area contributed by atoms with Gasteiger partial charge in [-0.15, -0.1) is 11.3 Å². The molecule has 1 N–H and O–H groups in total. The summed E-state index contributed by atoms with van der Waals surface area (Å²) in [5.74, 6) is -0.328. The van der Waals surface area contributed by atoms with Gasteiger partial charge in [-0.05, 0) is 29.7 Å². The fourth-order valence-electron chi connectivity index (χ4n) is 2.64. The van der Waals surface area contributed by atoms with Crippen molar-refractivity contribution < 1.29 is 14.7 Å². The van der Waals surface area contributed by atoms with E-state index in [0.717, 1.165) is 10.6 Å². The van der Waals surface area contributed by atoms with Gasteiger partial charge in [0.05, 0.1) is 11.5 Å².